The molecule has 0 aliphatic carbocycles. The van der Waals surface area contributed by atoms with E-state index in [4.69, 9.17) is 4.74 Å². The van der Waals surface area contributed by atoms with Crippen molar-refractivity contribution in [1.29, 1.82) is 0 Å². The van der Waals surface area contributed by atoms with Crippen LogP contribution in [0.15, 0.2) is 51.0 Å². The molecule has 0 bridgehead atoms. The number of allylic oxidation sites excluding steroid dienone is 1. The molecule has 1 aromatic rings. The van der Waals surface area contributed by atoms with Crippen molar-refractivity contribution >= 4 is 36.4 Å². The van der Waals surface area contributed by atoms with Gasteiger partial charge >= 0.3 is 17.6 Å². The normalized spacial score (nSPS) is 16.2. The zero-order valence-corrected chi connectivity index (χ0v) is 14.9. The topological polar surface area (TPSA) is 83.4 Å². The SMILES string of the molecule is C=N/C(=N\C=C(/C)N1CCC(=O)NC1=O)Oc1cccc(SC(F)(F)F)c1. The first kappa shape index (κ1) is 20.5. The molecule has 11 heteroatoms. The molecule has 0 aromatic heterocycles. The zero-order chi connectivity index (χ0) is 20.0. The van der Waals surface area contributed by atoms with Crippen molar-refractivity contribution in [3.8, 4) is 5.75 Å². The van der Waals surface area contributed by atoms with Crippen LogP contribution in [0.4, 0.5) is 18.0 Å². The summed E-state index contributed by atoms with van der Waals surface area (Å²) in [7, 11) is 0. The number of carbonyl (C=O) groups excluding carboxylic acids is 2. The molecule has 1 fully saturated rings. The van der Waals surface area contributed by atoms with Crippen molar-refractivity contribution in [2.75, 3.05) is 6.54 Å². The van der Waals surface area contributed by atoms with Crippen LogP contribution in [0.25, 0.3) is 0 Å². The highest BCUT2D eigenvalue weighted by Crippen LogP contribution is 2.37. The Morgan fingerprint density at radius 2 is 2.15 bits per heavy atom. The second kappa shape index (κ2) is 8.71. The Morgan fingerprint density at radius 3 is 2.78 bits per heavy atom. The number of amides is 3. The highest BCUT2D eigenvalue weighted by Gasteiger charge is 2.29. The number of hydrogen-bond acceptors (Lipinski definition) is 5. The Hall–Kier alpha value is -2.82. The fraction of sp³-hybridized carbons (Fsp3) is 0.250. The molecular formula is C16H15F3N4O3S. The summed E-state index contributed by atoms with van der Waals surface area (Å²) < 4.78 is 42.7. The largest absolute Gasteiger partial charge is 0.446 e. The third kappa shape index (κ3) is 6.44. The summed E-state index contributed by atoms with van der Waals surface area (Å²) in [6, 6.07) is 4.56. The van der Waals surface area contributed by atoms with Crippen LogP contribution in [0.3, 0.4) is 0 Å². The molecule has 1 saturated heterocycles. The van der Waals surface area contributed by atoms with Crippen LogP contribution in [0.5, 0.6) is 5.75 Å². The van der Waals surface area contributed by atoms with E-state index in [0.29, 0.717) is 5.70 Å². The summed E-state index contributed by atoms with van der Waals surface area (Å²) in [4.78, 5) is 31.7. The Labute approximate surface area is 157 Å². The fourth-order valence-corrected chi connectivity index (χ4v) is 2.65. The Morgan fingerprint density at radius 1 is 1.41 bits per heavy atom. The minimum atomic E-state index is -4.41. The molecule has 7 nitrogen and oxygen atoms in total. The highest BCUT2D eigenvalue weighted by atomic mass is 32.2. The number of imide groups is 1. The number of carbonyl (C=O) groups is 2. The van der Waals surface area contributed by atoms with Gasteiger partial charge < -0.3 is 4.74 Å². The lowest BCUT2D eigenvalue weighted by Crippen LogP contribution is -2.48. The molecule has 1 N–H and O–H groups in total. The number of nitrogens with one attached hydrogen (secondary N) is 1. The van der Waals surface area contributed by atoms with Gasteiger partial charge in [-0.25, -0.2) is 14.8 Å². The summed E-state index contributed by atoms with van der Waals surface area (Å²) >= 11 is -0.270. The standard InChI is InChI=1S/C16H15F3N4O3S/c1-10(23-7-6-13(24)22-15(23)25)9-21-14(20-2)26-11-4-3-5-12(8-11)27-16(17,18)19/h3-5,8-9H,2,6-7H2,1H3,(H,22,24,25)/b10-9+,21-14+. The minimum Gasteiger partial charge on any atom is -0.424 e. The summed E-state index contributed by atoms with van der Waals surface area (Å²) in [5.74, 6) is -0.260. The second-order valence-corrected chi connectivity index (χ2v) is 6.36. The maximum absolute atomic E-state index is 12.4. The number of rotatable bonds is 4. The third-order valence-electron chi connectivity index (χ3n) is 3.23. The molecule has 0 spiro atoms. The van der Waals surface area contributed by atoms with Gasteiger partial charge in [-0.3, -0.25) is 15.0 Å². The fourth-order valence-electron chi connectivity index (χ4n) is 2.06. The Bertz CT molecular complexity index is 808. The quantitative estimate of drug-likeness (QED) is 0.476. The van der Waals surface area contributed by atoms with Gasteiger partial charge in [0.2, 0.25) is 5.91 Å². The van der Waals surface area contributed by atoms with Crippen LogP contribution in [0.2, 0.25) is 0 Å². The van der Waals surface area contributed by atoms with Gasteiger partial charge in [0.1, 0.15) is 5.75 Å². The smallest absolute Gasteiger partial charge is 0.424 e. The maximum atomic E-state index is 12.4. The van der Waals surface area contributed by atoms with Gasteiger partial charge in [0.05, 0.1) is 6.20 Å². The predicted octanol–water partition coefficient (Wildman–Crippen LogP) is 3.54. The second-order valence-electron chi connectivity index (χ2n) is 5.22. The van der Waals surface area contributed by atoms with E-state index in [2.05, 4.69) is 22.0 Å². The summed E-state index contributed by atoms with van der Waals surface area (Å²) in [6.45, 7) is 5.10. The van der Waals surface area contributed by atoms with Crippen molar-refractivity contribution in [2.45, 2.75) is 23.7 Å². The molecule has 1 heterocycles. The van der Waals surface area contributed by atoms with E-state index in [1.165, 1.54) is 35.4 Å². The average molecular weight is 400 g/mol. The van der Waals surface area contributed by atoms with Crippen molar-refractivity contribution in [3.05, 3.63) is 36.2 Å². The number of aliphatic imine (C=N–C) groups is 2. The molecule has 1 aliphatic rings. The van der Waals surface area contributed by atoms with Gasteiger partial charge in [-0.2, -0.15) is 13.2 Å². The third-order valence-corrected chi connectivity index (χ3v) is 3.95. The number of amidine groups is 1. The Kier molecular flexibility index (Phi) is 6.61. The minimum absolute atomic E-state index is 0.0511. The molecule has 144 valence electrons. The van der Waals surface area contributed by atoms with Crippen LogP contribution in [-0.2, 0) is 4.79 Å². The van der Waals surface area contributed by atoms with E-state index < -0.39 is 11.5 Å². The molecule has 0 radical (unpaired) electrons. The molecule has 1 aliphatic heterocycles. The molecule has 1 aromatic carbocycles. The Balaban J connectivity index is 2.10. The number of alkyl halides is 3. The molecule has 0 saturated carbocycles. The first-order valence-corrected chi connectivity index (χ1v) is 8.36. The number of hydrogen-bond donors (Lipinski definition) is 1. The summed E-state index contributed by atoms with van der Waals surface area (Å²) in [5, 5.41) is 2.17. The van der Waals surface area contributed by atoms with Gasteiger partial charge in [0.15, 0.2) is 0 Å². The van der Waals surface area contributed by atoms with Gasteiger partial charge in [0.25, 0.3) is 0 Å². The van der Waals surface area contributed by atoms with Gasteiger partial charge in [-0.15, -0.1) is 0 Å². The van der Waals surface area contributed by atoms with Crippen molar-refractivity contribution in [3.63, 3.8) is 0 Å². The number of benzene rings is 1. The lowest BCUT2D eigenvalue weighted by Gasteiger charge is -2.26. The van der Waals surface area contributed by atoms with E-state index in [1.54, 1.807) is 6.92 Å². The predicted molar refractivity (Wildman–Crippen MR) is 94.6 cm³/mol. The molecule has 3 amide bonds. The number of thioether (sulfide) groups is 1. The molecule has 0 atom stereocenters. The lowest BCUT2D eigenvalue weighted by atomic mass is 10.3. The van der Waals surface area contributed by atoms with Gasteiger partial charge in [-0.05, 0) is 43.6 Å². The van der Waals surface area contributed by atoms with Crippen LogP contribution >= 0.6 is 11.8 Å². The van der Waals surface area contributed by atoms with E-state index >= 15 is 0 Å². The maximum Gasteiger partial charge on any atom is 0.446 e. The van der Waals surface area contributed by atoms with Crippen LogP contribution in [0.1, 0.15) is 13.3 Å². The van der Waals surface area contributed by atoms with E-state index in [0.717, 1.165) is 0 Å². The van der Waals surface area contributed by atoms with E-state index in [9.17, 15) is 22.8 Å². The first-order valence-electron chi connectivity index (χ1n) is 7.54. The van der Waals surface area contributed by atoms with E-state index in [1.807, 2.05) is 0 Å². The number of nitrogens with zero attached hydrogens (tertiary/aromatic N) is 3. The number of ether oxygens (including phenoxy) is 1. The number of urea groups is 1. The van der Waals surface area contributed by atoms with Crippen molar-refractivity contribution in [1.82, 2.24) is 10.2 Å². The van der Waals surface area contributed by atoms with Crippen LogP contribution < -0.4 is 10.1 Å². The molecule has 2 rings (SSSR count). The zero-order valence-electron chi connectivity index (χ0n) is 14.1. The van der Waals surface area contributed by atoms with Crippen molar-refractivity contribution < 1.29 is 27.5 Å². The van der Waals surface area contributed by atoms with Gasteiger partial charge in [-0.1, -0.05) is 6.07 Å². The first-order chi connectivity index (χ1) is 12.7. The average Bonchev–Trinajstić information content (AvgIpc) is 2.57. The molecule has 27 heavy (non-hydrogen) atoms. The lowest BCUT2D eigenvalue weighted by molar-refractivity contribution is -0.121. The summed E-state index contributed by atoms with van der Waals surface area (Å²) in [6.07, 6.45) is 1.45. The molecular weight excluding hydrogens is 385 g/mol. The number of halogens is 3. The molecule has 0 unspecified atom stereocenters. The van der Waals surface area contributed by atoms with Gasteiger partial charge in [0, 0.05) is 23.6 Å². The summed E-state index contributed by atoms with van der Waals surface area (Å²) in [5.41, 5.74) is -3.99. The van der Waals surface area contributed by atoms with Crippen molar-refractivity contribution in [2.24, 2.45) is 9.98 Å². The van der Waals surface area contributed by atoms with E-state index in [-0.39, 0.29) is 47.3 Å². The van der Waals surface area contributed by atoms with Crippen LogP contribution in [0, 0.1) is 0 Å². The monoisotopic (exact) mass is 400 g/mol. The highest BCUT2D eigenvalue weighted by molar-refractivity contribution is 8.00. The van der Waals surface area contributed by atoms with Crippen LogP contribution in [-0.4, -0.2) is 41.6 Å².